The number of fused-ring (bicyclic) bond motifs is 1. The van der Waals surface area contributed by atoms with E-state index in [0.717, 1.165) is 22.2 Å². The summed E-state index contributed by atoms with van der Waals surface area (Å²) in [6.07, 6.45) is 3.58. The maximum absolute atomic E-state index is 12.3. The molecule has 0 aliphatic carbocycles. The van der Waals surface area contributed by atoms with Gasteiger partial charge in [-0.2, -0.15) is 5.10 Å². The number of rotatable bonds is 2. The molecule has 0 radical (unpaired) electrons. The highest BCUT2D eigenvalue weighted by Gasteiger charge is 2.08. The third-order valence-electron chi connectivity index (χ3n) is 3.67. The third-order valence-corrected chi connectivity index (χ3v) is 3.67. The van der Waals surface area contributed by atoms with Crippen LogP contribution in [0.4, 0.5) is 0 Å². The molecule has 0 aliphatic rings. The number of pyridine rings is 1. The molecule has 4 nitrogen and oxygen atoms in total. The van der Waals surface area contributed by atoms with E-state index in [0.29, 0.717) is 5.56 Å². The van der Waals surface area contributed by atoms with Crippen molar-refractivity contribution in [3.63, 3.8) is 0 Å². The summed E-state index contributed by atoms with van der Waals surface area (Å²) in [5.41, 5.74) is 3.13. The van der Waals surface area contributed by atoms with Crippen LogP contribution in [0.25, 0.3) is 27.7 Å². The third kappa shape index (κ3) is 2.11. The maximum Gasteiger partial charge on any atom is 0.256 e. The van der Waals surface area contributed by atoms with Gasteiger partial charge in [0, 0.05) is 17.3 Å². The van der Waals surface area contributed by atoms with Crippen LogP contribution in [0, 0.1) is 0 Å². The Morgan fingerprint density at radius 2 is 1.73 bits per heavy atom. The summed E-state index contributed by atoms with van der Waals surface area (Å²) in [5.74, 6) is 0. The Labute approximate surface area is 126 Å². The summed E-state index contributed by atoms with van der Waals surface area (Å²) in [6.45, 7) is 0. The highest BCUT2D eigenvalue weighted by Crippen LogP contribution is 2.20. The van der Waals surface area contributed by atoms with Crippen LogP contribution in [0.15, 0.2) is 77.9 Å². The van der Waals surface area contributed by atoms with E-state index in [1.165, 1.54) is 0 Å². The van der Waals surface area contributed by atoms with Crippen molar-refractivity contribution < 1.29 is 0 Å². The van der Waals surface area contributed by atoms with Crippen molar-refractivity contribution in [3.8, 4) is 16.8 Å². The average Bonchev–Trinajstić information content (AvgIpc) is 3.05. The fraction of sp³-hybridized carbons (Fsp3) is 0. The van der Waals surface area contributed by atoms with Crippen molar-refractivity contribution >= 4 is 10.9 Å². The largest absolute Gasteiger partial charge is 0.321 e. The second-order valence-electron chi connectivity index (χ2n) is 5.11. The van der Waals surface area contributed by atoms with Crippen LogP contribution in [0.5, 0.6) is 0 Å². The van der Waals surface area contributed by atoms with Gasteiger partial charge < -0.3 is 4.98 Å². The summed E-state index contributed by atoms with van der Waals surface area (Å²) >= 11 is 0. The van der Waals surface area contributed by atoms with Gasteiger partial charge in [-0.25, -0.2) is 4.68 Å². The van der Waals surface area contributed by atoms with E-state index in [4.69, 9.17) is 0 Å². The number of hydrogen-bond donors (Lipinski definition) is 1. The predicted octanol–water partition coefficient (Wildman–Crippen LogP) is 3.38. The van der Waals surface area contributed by atoms with Crippen LogP contribution in [0.3, 0.4) is 0 Å². The lowest BCUT2D eigenvalue weighted by atomic mass is 10.1. The molecule has 0 bridgehead atoms. The molecule has 2 aromatic heterocycles. The SMILES string of the molecule is O=c1[nH]c2ccccc2cc1-c1cnn(-c2ccccc2)c1. The fourth-order valence-electron chi connectivity index (χ4n) is 2.55. The Hall–Kier alpha value is -3.14. The number of hydrogen-bond acceptors (Lipinski definition) is 2. The van der Waals surface area contributed by atoms with Gasteiger partial charge in [-0.3, -0.25) is 4.79 Å². The molecule has 0 aliphatic heterocycles. The lowest BCUT2D eigenvalue weighted by Gasteiger charge is -2.01. The zero-order valence-electron chi connectivity index (χ0n) is 11.7. The van der Waals surface area contributed by atoms with Gasteiger partial charge >= 0.3 is 0 Å². The van der Waals surface area contributed by atoms with Crippen molar-refractivity contribution in [1.29, 1.82) is 0 Å². The Morgan fingerprint density at radius 1 is 0.955 bits per heavy atom. The number of benzene rings is 2. The number of aromatic nitrogens is 3. The van der Waals surface area contributed by atoms with Crippen molar-refractivity contribution in [2.45, 2.75) is 0 Å². The molecule has 2 aromatic carbocycles. The van der Waals surface area contributed by atoms with E-state index < -0.39 is 0 Å². The van der Waals surface area contributed by atoms with E-state index in [9.17, 15) is 4.79 Å². The highest BCUT2D eigenvalue weighted by atomic mass is 16.1. The van der Waals surface area contributed by atoms with E-state index in [1.54, 1.807) is 10.9 Å². The summed E-state index contributed by atoms with van der Waals surface area (Å²) < 4.78 is 1.77. The normalized spacial score (nSPS) is 10.9. The zero-order chi connectivity index (χ0) is 14.9. The molecule has 4 heteroatoms. The van der Waals surface area contributed by atoms with Gasteiger partial charge in [-0.05, 0) is 29.7 Å². The van der Waals surface area contributed by atoms with Crippen LogP contribution in [0.1, 0.15) is 0 Å². The molecule has 0 amide bonds. The standard InChI is InChI=1S/C18H13N3O/c22-18-16(10-13-6-4-5-9-17(13)20-18)14-11-19-21(12-14)15-7-2-1-3-8-15/h1-12H,(H,20,22). The van der Waals surface area contributed by atoms with Gasteiger partial charge in [-0.15, -0.1) is 0 Å². The first kappa shape index (κ1) is 12.6. The number of nitrogens with one attached hydrogen (secondary N) is 1. The maximum atomic E-state index is 12.3. The van der Waals surface area contributed by atoms with Gasteiger partial charge in [0.2, 0.25) is 0 Å². The van der Waals surface area contributed by atoms with Gasteiger partial charge in [0.1, 0.15) is 0 Å². The van der Waals surface area contributed by atoms with Gasteiger partial charge in [0.15, 0.2) is 0 Å². The average molecular weight is 287 g/mol. The Balaban J connectivity index is 1.84. The number of H-pyrrole nitrogens is 1. The van der Waals surface area contributed by atoms with E-state index >= 15 is 0 Å². The van der Waals surface area contributed by atoms with Crippen molar-refractivity contribution in [2.24, 2.45) is 0 Å². The molecule has 0 spiro atoms. The summed E-state index contributed by atoms with van der Waals surface area (Å²) in [5, 5.41) is 5.35. The van der Waals surface area contributed by atoms with E-state index in [-0.39, 0.29) is 5.56 Å². The van der Waals surface area contributed by atoms with E-state index in [2.05, 4.69) is 10.1 Å². The Morgan fingerprint density at radius 3 is 2.59 bits per heavy atom. The summed E-state index contributed by atoms with van der Waals surface area (Å²) in [6, 6.07) is 19.5. The molecule has 4 rings (SSSR count). The number of nitrogens with zero attached hydrogens (tertiary/aromatic N) is 2. The van der Waals surface area contributed by atoms with Crippen LogP contribution >= 0.6 is 0 Å². The first-order valence-corrected chi connectivity index (χ1v) is 7.04. The minimum Gasteiger partial charge on any atom is -0.321 e. The van der Waals surface area contributed by atoms with Crippen molar-refractivity contribution in [1.82, 2.24) is 14.8 Å². The molecule has 1 N–H and O–H groups in total. The first-order valence-electron chi connectivity index (χ1n) is 7.04. The fourth-order valence-corrected chi connectivity index (χ4v) is 2.55. The summed E-state index contributed by atoms with van der Waals surface area (Å²) in [7, 11) is 0. The van der Waals surface area contributed by atoms with Crippen LogP contribution < -0.4 is 5.56 Å². The molecule has 2 heterocycles. The summed E-state index contributed by atoms with van der Waals surface area (Å²) in [4.78, 5) is 15.2. The van der Waals surface area contributed by atoms with Crippen LogP contribution in [0.2, 0.25) is 0 Å². The van der Waals surface area contributed by atoms with Crippen LogP contribution in [-0.2, 0) is 0 Å². The second-order valence-corrected chi connectivity index (χ2v) is 5.11. The number of para-hydroxylation sites is 2. The Kier molecular flexibility index (Phi) is 2.86. The van der Waals surface area contributed by atoms with Gasteiger partial charge in [-0.1, -0.05) is 36.4 Å². The molecule has 0 unspecified atom stereocenters. The molecular weight excluding hydrogens is 274 g/mol. The molecule has 22 heavy (non-hydrogen) atoms. The van der Waals surface area contributed by atoms with Crippen molar-refractivity contribution in [3.05, 3.63) is 83.4 Å². The minimum atomic E-state index is -0.105. The quantitative estimate of drug-likeness (QED) is 0.614. The Bertz CT molecular complexity index is 999. The van der Waals surface area contributed by atoms with E-state index in [1.807, 2.05) is 66.9 Å². The van der Waals surface area contributed by atoms with Gasteiger partial charge in [0.25, 0.3) is 5.56 Å². The molecule has 0 saturated heterocycles. The lowest BCUT2D eigenvalue weighted by Crippen LogP contribution is -2.08. The molecule has 106 valence electrons. The monoisotopic (exact) mass is 287 g/mol. The molecular formula is C18H13N3O. The highest BCUT2D eigenvalue weighted by molar-refractivity contribution is 5.83. The first-order chi connectivity index (χ1) is 10.8. The molecule has 0 atom stereocenters. The molecule has 0 fully saturated rings. The predicted molar refractivity (Wildman–Crippen MR) is 87.1 cm³/mol. The number of aromatic amines is 1. The minimum absolute atomic E-state index is 0.105. The lowest BCUT2D eigenvalue weighted by molar-refractivity contribution is 0.881. The molecule has 0 saturated carbocycles. The smallest absolute Gasteiger partial charge is 0.256 e. The van der Waals surface area contributed by atoms with Crippen LogP contribution in [-0.4, -0.2) is 14.8 Å². The van der Waals surface area contributed by atoms with Gasteiger partial charge in [0.05, 0.1) is 17.4 Å². The zero-order valence-corrected chi connectivity index (χ0v) is 11.7. The second kappa shape index (κ2) is 5.00. The topological polar surface area (TPSA) is 50.7 Å². The molecule has 4 aromatic rings. The van der Waals surface area contributed by atoms with Crippen molar-refractivity contribution in [2.75, 3.05) is 0 Å².